The van der Waals surface area contributed by atoms with E-state index in [0.717, 1.165) is 34.5 Å². The van der Waals surface area contributed by atoms with Crippen LogP contribution in [0.25, 0.3) is 11.0 Å². The summed E-state index contributed by atoms with van der Waals surface area (Å²) in [6, 6.07) is 15.9. The highest BCUT2D eigenvalue weighted by molar-refractivity contribution is 6.31. The monoisotopic (exact) mass is 419 g/mol. The molecule has 0 unspecified atom stereocenters. The molecule has 2 aromatic carbocycles. The van der Waals surface area contributed by atoms with Crippen LogP contribution < -0.4 is 10.6 Å². The van der Waals surface area contributed by atoms with Gasteiger partial charge in [-0.3, -0.25) is 4.79 Å². The lowest BCUT2D eigenvalue weighted by molar-refractivity contribution is -0.126. The van der Waals surface area contributed by atoms with Crippen molar-refractivity contribution in [3.63, 3.8) is 0 Å². The molecule has 30 heavy (non-hydrogen) atoms. The van der Waals surface area contributed by atoms with Gasteiger partial charge in [0.1, 0.15) is 5.82 Å². The number of nitrogens with two attached hydrogens (primary N) is 1. The molecule has 2 aliphatic rings. The van der Waals surface area contributed by atoms with E-state index >= 15 is 0 Å². The SMILES string of the molecule is N#CCCCn1c(CN2c3ccccc3[C@]3(C[C@@H](N)C3)C2=O)nc2cc(Cl)ccc21. The Hall–Kier alpha value is -2.88. The molecule has 1 saturated carbocycles. The number of carbonyl (C=O) groups excluding carboxylic acids is 1. The third kappa shape index (κ3) is 2.81. The molecule has 7 heteroatoms. The van der Waals surface area contributed by atoms with E-state index in [1.165, 1.54) is 0 Å². The summed E-state index contributed by atoms with van der Waals surface area (Å²) in [6.07, 6.45) is 2.57. The molecule has 6 nitrogen and oxygen atoms in total. The highest BCUT2D eigenvalue weighted by Gasteiger charge is 2.57. The minimum Gasteiger partial charge on any atom is -0.328 e. The smallest absolute Gasteiger partial charge is 0.238 e. The first-order valence-electron chi connectivity index (χ1n) is 10.2. The van der Waals surface area contributed by atoms with Crippen molar-refractivity contribution in [3.05, 3.63) is 58.9 Å². The van der Waals surface area contributed by atoms with Crippen LogP contribution in [0.2, 0.25) is 5.02 Å². The summed E-state index contributed by atoms with van der Waals surface area (Å²) in [5, 5.41) is 9.57. The lowest BCUT2D eigenvalue weighted by Gasteiger charge is -2.42. The first-order valence-corrected chi connectivity index (χ1v) is 10.6. The number of rotatable bonds is 5. The second-order valence-electron chi connectivity index (χ2n) is 8.23. The lowest BCUT2D eigenvalue weighted by Crippen LogP contribution is -2.54. The van der Waals surface area contributed by atoms with Crippen LogP contribution in [0.3, 0.4) is 0 Å². The number of carbonyl (C=O) groups is 1. The molecule has 0 saturated heterocycles. The highest BCUT2D eigenvalue weighted by Crippen LogP contribution is 2.53. The fraction of sp³-hybridized carbons (Fsp3) is 0.348. The summed E-state index contributed by atoms with van der Waals surface area (Å²) in [5.74, 6) is 0.910. The maximum absolute atomic E-state index is 13.5. The quantitative estimate of drug-likeness (QED) is 0.635. The minimum atomic E-state index is -0.489. The number of aromatic nitrogens is 2. The second-order valence-corrected chi connectivity index (χ2v) is 8.67. The van der Waals surface area contributed by atoms with E-state index in [4.69, 9.17) is 27.6 Å². The van der Waals surface area contributed by atoms with Gasteiger partial charge in [0.2, 0.25) is 5.91 Å². The Morgan fingerprint density at radius 2 is 2.07 bits per heavy atom. The average molecular weight is 420 g/mol. The highest BCUT2D eigenvalue weighted by atomic mass is 35.5. The molecule has 152 valence electrons. The molecule has 1 aromatic heterocycles. The van der Waals surface area contributed by atoms with Crippen LogP contribution in [0.1, 0.15) is 37.1 Å². The molecular formula is C23H22ClN5O. The second kappa shape index (κ2) is 7.12. The van der Waals surface area contributed by atoms with Crippen LogP contribution in [0.15, 0.2) is 42.5 Å². The number of nitrogens with zero attached hydrogens (tertiary/aromatic N) is 4. The van der Waals surface area contributed by atoms with E-state index in [0.29, 0.717) is 37.4 Å². The van der Waals surface area contributed by atoms with Crippen LogP contribution in [0.4, 0.5) is 5.69 Å². The summed E-state index contributed by atoms with van der Waals surface area (Å²) >= 11 is 6.18. The Kier molecular flexibility index (Phi) is 4.53. The van der Waals surface area contributed by atoms with Gasteiger partial charge in [-0.2, -0.15) is 5.26 Å². The summed E-state index contributed by atoms with van der Waals surface area (Å²) in [6.45, 7) is 1.05. The lowest BCUT2D eigenvalue weighted by atomic mass is 9.62. The molecule has 1 spiro atoms. The number of para-hydroxylation sites is 1. The number of benzene rings is 2. The Labute approximate surface area is 179 Å². The van der Waals surface area contributed by atoms with Crippen LogP contribution in [-0.4, -0.2) is 21.5 Å². The predicted octanol–water partition coefficient (Wildman–Crippen LogP) is 3.90. The van der Waals surface area contributed by atoms with Gasteiger partial charge >= 0.3 is 0 Å². The van der Waals surface area contributed by atoms with Crippen molar-refractivity contribution in [2.24, 2.45) is 5.73 Å². The fourth-order valence-corrected chi connectivity index (χ4v) is 5.13. The summed E-state index contributed by atoms with van der Waals surface area (Å²) < 4.78 is 2.11. The maximum atomic E-state index is 13.5. The molecule has 5 rings (SSSR count). The normalized spacial score (nSPS) is 22.4. The topological polar surface area (TPSA) is 87.9 Å². The first kappa shape index (κ1) is 19.1. The Bertz CT molecular complexity index is 1190. The van der Waals surface area contributed by atoms with Crippen LogP contribution in [-0.2, 0) is 23.3 Å². The van der Waals surface area contributed by atoms with Gasteiger partial charge < -0.3 is 15.2 Å². The maximum Gasteiger partial charge on any atom is 0.238 e. The van der Waals surface area contributed by atoms with Crippen molar-refractivity contribution in [1.29, 1.82) is 5.26 Å². The van der Waals surface area contributed by atoms with E-state index < -0.39 is 5.41 Å². The molecule has 1 amide bonds. The zero-order valence-electron chi connectivity index (χ0n) is 16.5. The number of hydrogen-bond acceptors (Lipinski definition) is 4. The third-order valence-electron chi connectivity index (χ3n) is 6.35. The van der Waals surface area contributed by atoms with E-state index in [2.05, 4.69) is 16.7 Å². The molecular weight excluding hydrogens is 398 g/mol. The first-order chi connectivity index (χ1) is 14.5. The number of fused-ring (bicyclic) bond motifs is 3. The number of halogens is 1. The fourth-order valence-electron chi connectivity index (χ4n) is 4.96. The summed E-state index contributed by atoms with van der Waals surface area (Å²) in [4.78, 5) is 20.2. The van der Waals surface area contributed by atoms with Gasteiger partial charge in [0, 0.05) is 29.7 Å². The molecule has 3 aromatic rings. The van der Waals surface area contributed by atoms with Gasteiger partial charge in [0.05, 0.1) is 29.1 Å². The average Bonchev–Trinajstić information content (AvgIpc) is 3.16. The van der Waals surface area contributed by atoms with Crippen molar-refractivity contribution in [3.8, 4) is 6.07 Å². The predicted molar refractivity (Wildman–Crippen MR) is 116 cm³/mol. The number of hydrogen-bond donors (Lipinski definition) is 1. The standard InChI is InChI=1S/C23H22ClN5O/c24-15-7-8-20-18(11-15)27-21(28(20)10-4-3-9-25)14-29-19-6-2-1-5-17(19)23(22(29)30)12-16(26)13-23/h1-2,5-8,11,16H,3-4,10,12-14,26H2/t16-,23-. The molecule has 2 heterocycles. The van der Waals surface area contributed by atoms with Crippen molar-refractivity contribution in [1.82, 2.24) is 9.55 Å². The largest absolute Gasteiger partial charge is 0.328 e. The number of aryl methyl sites for hydroxylation is 1. The van der Waals surface area contributed by atoms with E-state index in [9.17, 15) is 4.79 Å². The number of amides is 1. The third-order valence-corrected chi connectivity index (χ3v) is 6.58. The summed E-state index contributed by atoms with van der Waals surface area (Å²) in [7, 11) is 0. The number of nitriles is 1. The Balaban J connectivity index is 1.55. The zero-order chi connectivity index (χ0) is 20.9. The molecule has 2 N–H and O–H groups in total. The van der Waals surface area contributed by atoms with Gasteiger partial charge in [-0.15, -0.1) is 0 Å². The van der Waals surface area contributed by atoms with E-state index in [1.807, 2.05) is 41.3 Å². The molecule has 0 atom stereocenters. The molecule has 0 radical (unpaired) electrons. The van der Waals surface area contributed by atoms with Crippen LogP contribution >= 0.6 is 11.6 Å². The van der Waals surface area contributed by atoms with E-state index in [1.54, 1.807) is 0 Å². The number of unbranched alkanes of at least 4 members (excludes halogenated alkanes) is 1. The van der Waals surface area contributed by atoms with E-state index in [-0.39, 0.29) is 11.9 Å². The molecule has 0 bridgehead atoms. The van der Waals surface area contributed by atoms with Crippen molar-refractivity contribution in [2.45, 2.75) is 50.2 Å². The van der Waals surface area contributed by atoms with Crippen LogP contribution in [0.5, 0.6) is 0 Å². The Morgan fingerprint density at radius 1 is 1.27 bits per heavy atom. The van der Waals surface area contributed by atoms with Crippen molar-refractivity contribution >= 4 is 34.2 Å². The molecule has 1 aliphatic carbocycles. The number of imidazole rings is 1. The van der Waals surface area contributed by atoms with Gasteiger partial charge in [-0.05, 0) is 49.1 Å². The summed E-state index contributed by atoms with van der Waals surface area (Å²) in [5.41, 5.74) is 9.38. The van der Waals surface area contributed by atoms with Gasteiger partial charge in [0.25, 0.3) is 0 Å². The molecule has 1 aliphatic heterocycles. The minimum absolute atomic E-state index is 0.0691. The van der Waals surface area contributed by atoms with Crippen molar-refractivity contribution < 1.29 is 4.79 Å². The van der Waals surface area contributed by atoms with Gasteiger partial charge in [-0.1, -0.05) is 29.8 Å². The van der Waals surface area contributed by atoms with Crippen LogP contribution in [0, 0.1) is 11.3 Å². The van der Waals surface area contributed by atoms with Crippen molar-refractivity contribution in [2.75, 3.05) is 4.90 Å². The number of anilines is 1. The van der Waals surface area contributed by atoms with Gasteiger partial charge in [-0.25, -0.2) is 4.98 Å². The zero-order valence-corrected chi connectivity index (χ0v) is 17.3. The van der Waals surface area contributed by atoms with Gasteiger partial charge in [0.15, 0.2) is 0 Å². The molecule has 1 fully saturated rings. The Morgan fingerprint density at radius 3 is 2.83 bits per heavy atom.